The summed E-state index contributed by atoms with van der Waals surface area (Å²) in [4.78, 5) is 0. The second-order valence-corrected chi connectivity index (χ2v) is 1.01. The maximum Gasteiger partial charge on any atom is 0.0917 e. The molecule has 1 unspecified atom stereocenters. The van der Waals surface area contributed by atoms with Crippen LogP contribution < -0.4 is 5.84 Å². The van der Waals surface area contributed by atoms with E-state index in [4.69, 9.17) is 0 Å². The van der Waals surface area contributed by atoms with E-state index in [9.17, 15) is 8.76 Å². The van der Waals surface area contributed by atoms with Crippen LogP contribution in [-0.4, -0.2) is 8.76 Å². The fourth-order valence-electron chi connectivity index (χ4n) is 0.0385. The Bertz CT molecular complexity index is 76.9. The Balaban J connectivity index is 3.30. The predicted octanol–water partition coefficient (Wildman–Crippen LogP) is -0.894. The van der Waals surface area contributed by atoms with E-state index in [-0.39, 0.29) is 0 Å². The summed E-state index contributed by atoms with van der Waals surface area (Å²) in [7, 11) is 0. The van der Waals surface area contributed by atoms with E-state index in [1.165, 1.54) is 0 Å². The van der Waals surface area contributed by atoms with Gasteiger partial charge in [-0.15, -0.1) is 0 Å². The van der Waals surface area contributed by atoms with Crippen LogP contribution in [0.2, 0.25) is 0 Å². The molecular weight excluding hydrogens is 106 g/mol. The first-order chi connectivity index (χ1) is 2.77. The Hall–Kier alpha value is -0.490. The minimum absolute atomic E-state index is 2.44. The van der Waals surface area contributed by atoms with Crippen molar-refractivity contribution in [3.05, 3.63) is 0 Å². The Morgan fingerprint density at radius 1 is 1.83 bits per heavy atom. The molecule has 1 atom stereocenters. The molecule has 0 aliphatic rings. The van der Waals surface area contributed by atoms with Crippen molar-refractivity contribution in [2.75, 3.05) is 0 Å². The van der Waals surface area contributed by atoms with Gasteiger partial charge in [0.25, 0.3) is 0 Å². The van der Waals surface area contributed by atoms with Crippen molar-refractivity contribution in [2.24, 2.45) is 15.6 Å². The van der Waals surface area contributed by atoms with E-state index in [0.717, 1.165) is 0 Å². The Labute approximate surface area is 36.6 Å². The molecule has 36 valence electrons. The van der Waals surface area contributed by atoms with E-state index >= 15 is 0 Å². The van der Waals surface area contributed by atoms with Gasteiger partial charge in [0.15, 0.2) is 0 Å². The minimum Gasteiger partial charge on any atom is -0.752 e. The molecule has 0 aliphatic carbocycles. The molecule has 0 amide bonds. The van der Waals surface area contributed by atoms with E-state index in [1.807, 2.05) is 0 Å². The van der Waals surface area contributed by atoms with Crippen molar-refractivity contribution in [2.45, 2.75) is 0 Å². The van der Waals surface area contributed by atoms with E-state index in [2.05, 4.69) is 15.6 Å². The van der Waals surface area contributed by atoms with Gasteiger partial charge in [-0.1, -0.05) is 9.74 Å². The normalized spacial score (nSPS) is 15.5. The first kappa shape index (κ1) is 5.51. The third-order valence-electron chi connectivity index (χ3n) is 0.114. The summed E-state index contributed by atoms with van der Waals surface area (Å²) in [6.07, 6.45) is 0. The van der Waals surface area contributed by atoms with Gasteiger partial charge in [-0.25, -0.2) is 4.21 Å². The molecule has 0 aliphatic heterocycles. The highest BCUT2D eigenvalue weighted by Gasteiger charge is 1.60. The molecule has 0 aromatic carbocycles. The summed E-state index contributed by atoms with van der Waals surface area (Å²) in [5.74, 6) is 4.29. The van der Waals surface area contributed by atoms with Gasteiger partial charge in [0, 0.05) is 0 Å². The van der Waals surface area contributed by atoms with E-state index in [0.29, 0.717) is 0 Å². The molecule has 0 spiro atoms. The first-order valence-electron chi connectivity index (χ1n) is 0.974. The SMILES string of the molecule is NN=NS(=O)[O-]. The van der Waals surface area contributed by atoms with Crippen LogP contribution in [0.4, 0.5) is 0 Å². The zero-order chi connectivity index (χ0) is 4.99. The van der Waals surface area contributed by atoms with Crippen LogP contribution in [0.15, 0.2) is 9.74 Å². The largest absolute Gasteiger partial charge is 0.752 e. The topological polar surface area (TPSA) is 90.9 Å². The summed E-state index contributed by atoms with van der Waals surface area (Å²) >= 11 is -2.48. The molecule has 0 radical (unpaired) electrons. The lowest BCUT2D eigenvalue weighted by atomic mass is 12.8. The second-order valence-electron chi connectivity index (χ2n) is 0.414. The van der Waals surface area contributed by atoms with Crippen LogP contribution in [0.3, 0.4) is 0 Å². The number of nitrogens with zero attached hydrogens (tertiary/aromatic N) is 2. The Kier molecular flexibility index (Phi) is 2.51. The van der Waals surface area contributed by atoms with Crippen LogP contribution in [0, 0.1) is 0 Å². The van der Waals surface area contributed by atoms with Gasteiger partial charge in [0.1, 0.15) is 0 Å². The predicted molar refractivity (Wildman–Crippen MR) is 18.0 cm³/mol. The molecule has 0 heterocycles. The fourth-order valence-corrected chi connectivity index (χ4v) is 0.115. The van der Waals surface area contributed by atoms with Crippen molar-refractivity contribution in [1.82, 2.24) is 0 Å². The van der Waals surface area contributed by atoms with Gasteiger partial charge in [-0.3, -0.25) is 0 Å². The number of rotatable bonds is 1. The molecule has 0 aromatic heterocycles. The third-order valence-corrected chi connectivity index (χ3v) is 0.341. The van der Waals surface area contributed by atoms with Crippen molar-refractivity contribution in [1.29, 1.82) is 0 Å². The highest BCUT2D eigenvalue weighted by atomic mass is 32.2. The molecule has 0 saturated heterocycles. The van der Waals surface area contributed by atoms with Gasteiger partial charge >= 0.3 is 0 Å². The lowest BCUT2D eigenvalue weighted by molar-refractivity contribution is 0.535. The van der Waals surface area contributed by atoms with Crippen LogP contribution in [0.5, 0.6) is 0 Å². The van der Waals surface area contributed by atoms with Crippen molar-refractivity contribution < 1.29 is 8.76 Å². The lowest BCUT2D eigenvalue weighted by Crippen LogP contribution is -1.80. The summed E-state index contributed by atoms with van der Waals surface area (Å²) in [5, 5.41) is 2.45. The second kappa shape index (κ2) is 2.73. The van der Waals surface area contributed by atoms with Crippen LogP contribution in [0.25, 0.3) is 0 Å². The fraction of sp³-hybridized carbons (Fsp3) is 0. The van der Waals surface area contributed by atoms with Gasteiger partial charge in [0.2, 0.25) is 0 Å². The van der Waals surface area contributed by atoms with Crippen LogP contribution >= 0.6 is 0 Å². The van der Waals surface area contributed by atoms with Gasteiger partial charge < -0.3 is 10.4 Å². The van der Waals surface area contributed by atoms with Crippen LogP contribution in [-0.2, 0) is 11.3 Å². The summed E-state index contributed by atoms with van der Waals surface area (Å²) in [6.45, 7) is 0. The molecule has 0 rings (SSSR count). The van der Waals surface area contributed by atoms with Gasteiger partial charge in [-0.05, 0) is 0 Å². The van der Waals surface area contributed by atoms with Gasteiger partial charge in [-0.2, -0.15) is 0 Å². The maximum atomic E-state index is 9.26. The standard InChI is InChI=1S/H3N3O2S/c1-2-3-6(4)5/h(H2,1,3)(H,4,5)/p-1. The molecule has 0 aromatic rings. The summed E-state index contributed by atoms with van der Waals surface area (Å²) in [6, 6.07) is 0. The highest BCUT2D eigenvalue weighted by Crippen LogP contribution is 1.69. The number of hydrogen-bond acceptors (Lipinski definition) is 3. The van der Waals surface area contributed by atoms with Gasteiger partial charge in [0.05, 0.1) is 11.3 Å². The third kappa shape index (κ3) is 3.51. The van der Waals surface area contributed by atoms with E-state index in [1.54, 1.807) is 0 Å². The molecule has 0 fully saturated rings. The monoisotopic (exact) mass is 108 g/mol. The van der Waals surface area contributed by atoms with Crippen LogP contribution in [0.1, 0.15) is 0 Å². The molecule has 2 N–H and O–H groups in total. The van der Waals surface area contributed by atoms with Crippen molar-refractivity contribution >= 4 is 11.3 Å². The van der Waals surface area contributed by atoms with E-state index < -0.39 is 11.3 Å². The number of nitrogens with two attached hydrogens (primary N) is 1. The average molecular weight is 108 g/mol. The smallest absolute Gasteiger partial charge is 0.0917 e. The number of hydrogen-bond donors (Lipinski definition) is 1. The zero-order valence-electron chi connectivity index (χ0n) is 2.70. The summed E-state index contributed by atoms with van der Waals surface area (Å²) in [5.41, 5.74) is 0. The molecule has 6 heteroatoms. The molecular formula is H2N3O2S-. The summed E-state index contributed by atoms with van der Waals surface area (Å²) < 4.78 is 21.0. The molecule has 5 nitrogen and oxygen atoms in total. The quantitative estimate of drug-likeness (QED) is 0.204. The Morgan fingerprint density at radius 3 is 2.33 bits per heavy atom. The lowest BCUT2D eigenvalue weighted by Gasteiger charge is -1.86. The zero-order valence-corrected chi connectivity index (χ0v) is 3.51. The molecule has 0 saturated carbocycles. The van der Waals surface area contributed by atoms with Crippen molar-refractivity contribution in [3.8, 4) is 0 Å². The molecule has 0 bridgehead atoms. The highest BCUT2D eigenvalue weighted by molar-refractivity contribution is 7.77. The average Bonchev–Trinajstić information content (AvgIpc) is 1.35. The van der Waals surface area contributed by atoms with Crippen molar-refractivity contribution in [3.63, 3.8) is 0 Å². The first-order valence-corrected chi connectivity index (χ1v) is 2.01. The minimum atomic E-state index is -2.48. The Morgan fingerprint density at radius 2 is 2.33 bits per heavy atom. The maximum absolute atomic E-state index is 9.26. The molecule has 6 heavy (non-hydrogen) atoms.